The number of rotatable bonds is 3. The number of amides is 1. The van der Waals surface area contributed by atoms with Gasteiger partial charge >= 0.3 is 0 Å². The minimum absolute atomic E-state index is 0.269. The van der Waals surface area contributed by atoms with E-state index in [1.807, 2.05) is 32.9 Å². The maximum Gasteiger partial charge on any atom is 0.227 e. The molecule has 3 nitrogen and oxygen atoms in total. The summed E-state index contributed by atoms with van der Waals surface area (Å²) < 4.78 is 17.4. The van der Waals surface area contributed by atoms with Gasteiger partial charge in [-0.25, -0.2) is 4.39 Å². The highest BCUT2D eigenvalue weighted by Crippen LogP contribution is 2.43. The zero-order valence-corrected chi connectivity index (χ0v) is 16.0. The molecule has 0 spiro atoms. The third-order valence-corrected chi connectivity index (χ3v) is 5.50. The Labute approximate surface area is 150 Å². The molecule has 1 aromatic heterocycles. The summed E-state index contributed by atoms with van der Waals surface area (Å²) in [6.07, 6.45) is 4.44. The van der Waals surface area contributed by atoms with Crippen LogP contribution in [0.15, 0.2) is 22.7 Å². The quantitative estimate of drug-likeness (QED) is 0.756. The molecule has 0 aliphatic heterocycles. The van der Waals surface area contributed by atoms with Gasteiger partial charge in [-0.3, -0.25) is 4.79 Å². The van der Waals surface area contributed by atoms with Crippen LogP contribution in [0.4, 0.5) is 4.39 Å². The van der Waals surface area contributed by atoms with Crippen molar-refractivity contribution in [2.24, 2.45) is 11.1 Å². The molecule has 1 atom stereocenters. The summed E-state index contributed by atoms with van der Waals surface area (Å²) >= 11 is 3.40. The fourth-order valence-corrected chi connectivity index (χ4v) is 4.50. The summed E-state index contributed by atoms with van der Waals surface area (Å²) in [5, 5.41) is 0.565. The van der Waals surface area contributed by atoms with Crippen LogP contribution in [0.5, 0.6) is 0 Å². The average Bonchev–Trinajstić information content (AvgIpc) is 3.03. The zero-order valence-electron chi connectivity index (χ0n) is 14.4. The van der Waals surface area contributed by atoms with E-state index < -0.39 is 5.92 Å². The third-order valence-electron chi connectivity index (χ3n) is 5.04. The van der Waals surface area contributed by atoms with Gasteiger partial charge in [-0.2, -0.15) is 0 Å². The van der Waals surface area contributed by atoms with Gasteiger partial charge in [0.2, 0.25) is 5.91 Å². The number of nitrogens with zero attached hydrogens (tertiary/aromatic N) is 1. The lowest BCUT2D eigenvalue weighted by atomic mass is 9.78. The molecule has 1 saturated carbocycles. The van der Waals surface area contributed by atoms with Gasteiger partial charge in [0.05, 0.1) is 11.4 Å². The molecule has 0 saturated heterocycles. The lowest BCUT2D eigenvalue weighted by molar-refractivity contribution is -0.121. The molecule has 3 rings (SSSR count). The zero-order chi connectivity index (χ0) is 17.6. The number of fused-ring (bicyclic) bond motifs is 1. The topological polar surface area (TPSA) is 48.0 Å². The molecule has 0 bridgehead atoms. The van der Waals surface area contributed by atoms with Crippen molar-refractivity contribution in [2.45, 2.75) is 58.4 Å². The first kappa shape index (κ1) is 17.5. The maximum atomic E-state index is 14.5. The monoisotopic (exact) mass is 394 g/mol. The molecule has 1 aliphatic rings. The first-order valence-corrected chi connectivity index (χ1v) is 9.28. The van der Waals surface area contributed by atoms with E-state index in [4.69, 9.17) is 5.73 Å². The minimum Gasteiger partial charge on any atom is -0.369 e. The SMILES string of the molecule is CC(C)(C)C(C(N)=O)c1cc2c(F)cc(Br)cc2n1C1CCCC1. The second-order valence-corrected chi connectivity index (χ2v) is 8.81. The second kappa shape index (κ2) is 6.17. The van der Waals surface area contributed by atoms with Crippen LogP contribution in [0.1, 0.15) is 64.1 Å². The van der Waals surface area contributed by atoms with E-state index in [2.05, 4.69) is 20.5 Å². The second-order valence-electron chi connectivity index (χ2n) is 7.90. The maximum absolute atomic E-state index is 14.5. The van der Waals surface area contributed by atoms with E-state index in [-0.39, 0.29) is 17.1 Å². The molecule has 1 unspecified atom stereocenters. The largest absolute Gasteiger partial charge is 0.369 e. The highest BCUT2D eigenvalue weighted by molar-refractivity contribution is 9.10. The Bertz CT molecular complexity index is 785. The van der Waals surface area contributed by atoms with E-state index in [0.717, 1.165) is 36.9 Å². The van der Waals surface area contributed by atoms with E-state index in [0.29, 0.717) is 15.9 Å². The summed E-state index contributed by atoms with van der Waals surface area (Å²) in [5.74, 6) is -1.08. The molecule has 24 heavy (non-hydrogen) atoms. The fourth-order valence-electron chi connectivity index (χ4n) is 4.08. The minimum atomic E-state index is -0.455. The Morgan fingerprint density at radius 2 is 1.92 bits per heavy atom. The van der Waals surface area contributed by atoms with Gasteiger partial charge in [-0.05, 0) is 36.5 Å². The summed E-state index contributed by atoms with van der Waals surface area (Å²) in [5.41, 5.74) is 7.12. The molecule has 0 radical (unpaired) electrons. The van der Waals surface area contributed by atoms with Crippen molar-refractivity contribution < 1.29 is 9.18 Å². The number of benzene rings is 1. The van der Waals surface area contributed by atoms with Crippen molar-refractivity contribution in [1.82, 2.24) is 4.57 Å². The van der Waals surface area contributed by atoms with Gasteiger partial charge in [0.25, 0.3) is 0 Å². The lowest BCUT2D eigenvalue weighted by Gasteiger charge is -2.31. The van der Waals surface area contributed by atoms with E-state index in [1.54, 1.807) is 0 Å². The molecule has 1 amide bonds. The highest BCUT2D eigenvalue weighted by Gasteiger charge is 2.36. The normalized spacial score (nSPS) is 17.5. The number of primary amides is 1. The number of carbonyl (C=O) groups is 1. The summed E-state index contributed by atoms with van der Waals surface area (Å²) in [4.78, 5) is 12.2. The Balaban J connectivity index is 2.31. The Hall–Kier alpha value is -1.36. The number of aromatic nitrogens is 1. The molecule has 2 N–H and O–H groups in total. The van der Waals surface area contributed by atoms with Gasteiger partial charge in [0.1, 0.15) is 5.82 Å². The molecule has 130 valence electrons. The van der Waals surface area contributed by atoms with Crippen LogP contribution >= 0.6 is 15.9 Å². The first-order chi connectivity index (χ1) is 11.2. The van der Waals surface area contributed by atoms with Crippen molar-refractivity contribution in [3.8, 4) is 0 Å². The third kappa shape index (κ3) is 2.99. The molecule has 1 aromatic carbocycles. The smallest absolute Gasteiger partial charge is 0.227 e. The van der Waals surface area contributed by atoms with Gasteiger partial charge in [-0.15, -0.1) is 0 Å². The molecule has 1 fully saturated rings. The van der Waals surface area contributed by atoms with Gasteiger partial charge < -0.3 is 10.3 Å². The van der Waals surface area contributed by atoms with Crippen molar-refractivity contribution in [3.63, 3.8) is 0 Å². The van der Waals surface area contributed by atoms with Crippen molar-refractivity contribution in [3.05, 3.63) is 34.2 Å². The van der Waals surface area contributed by atoms with E-state index in [9.17, 15) is 9.18 Å². The Morgan fingerprint density at radius 1 is 1.29 bits per heavy atom. The van der Waals surface area contributed by atoms with Crippen LogP contribution in [-0.4, -0.2) is 10.5 Å². The Kier molecular flexibility index (Phi) is 4.49. The average molecular weight is 395 g/mol. The molecular weight excluding hydrogens is 371 g/mol. The van der Waals surface area contributed by atoms with Gasteiger partial charge in [0, 0.05) is 21.6 Å². The number of hydrogen-bond donors (Lipinski definition) is 1. The fraction of sp³-hybridized carbons (Fsp3) is 0.526. The number of hydrogen-bond acceptors (Lipinski definition) is 1. The molecule has 5 heteroatoms. The van der Waals surface area contributed by atoms with Gasteiger partial charge in [0.15, 0.2) is 0 Å². The summed E-state index contributed by atoms with van der Waals surface area (Å²) in [7, 11) is 0. The van der Waals surface area contributed by atoms with Crippen molar-refractivity contribution in [1.29, 1.82) is 0 Å². The first-order valence-electron chi connectivity index (χ1n) is 8.49. The predicted octanol–water partition coefficient (Wildman–Crippen LogP) is 5.27. The summed E-state index contributed by atoms with van der Waals surface area (Å²) in [6.45, 7) is 6.02. The van der Waals surface area contributed by atoms with Crippen LogP contribution in [0.2, 0.25) is 0 Å². The molecule has 1 heterocycles. The summed E-state index contributed by atoms with van der Waals surface area (Å²) in [6, 6.07) is 5.55. The molecule has 2 aromatic rings. The van der Waals surface area contributed by atoms with Crippen LogP contribution < -0.4 is 5.73 Å². The standard InChI is InChI=1S/C19H24BrFN2O/c1-19(2,3)17(18(22)24)16-10-13-14(21)8-11(20)9-15(13)23(16)12-6-4-5-7-12/h8-10,12,17H,4-7H2,1-3H3,(H2,22,24). The highest BCUT2D eigenvalue weighted by atomic mass is 79.9. The van der Waals surface area contributed by atoms with Gasteiger partial charge in [-0.1, -0.05) is 49.5 Å². The van der Waals surface area contributed by atoms with E-state index >= 15 is 0 Å². The van der Waals surface area contributed by atoms with Crippen molar-refractivity contribution in [2.75, 3.05) is 0 Å². The molecular formula is C19H24BrFN2O. The number of carbonyl (C=O) groups excluding carboxylic acids is 1. The van der Waals surface area contributed by atoms with Crippen LogP contribution in [0.3, 0.4) is 0 Å². The van der Waals surface area contributed by atoms with Crippen LogP contribution in [-0.2, 0) is 4.79 Å². The lowest BCUT2D eigenvalue weighted by Crippen LogP contribution is -2.33. The molecule has 1 aliphatic carbocycles. The van der Waals surface area contributed by atoms with Crippen LogP contribution in [0.25, 0.3) is 10.9 Å². The van der Waals surface area contributed by atoms with Crippen LogP contribution in [0, 0.1) is 11.2 Å². The van der Waals surface area contributed by atoms with Crippen molar-refractivity contribution >= 4 is 32.7 Å². The van der Waals surface area contributed by atoms with E-state index in [1.165, 1.54) is 6.07 Å². The Morgan fingerprint density at radius 3 is 2.46 bits per heavy atom. The number of nitrogens with two attached hydrogens (primary N) is 1. The predicted molar refractivity (Wildman–Crippen MR) is 98.5 cm³/mol. The number of halogens is 2.